The fraction of sp³-hybridized carbons (Fsp3) is 0.238. The van der Waals surface area contributed by atoms with Gasteiger partial charge in [0.05, 0.1) is 5.69 Å². The van der Waals surface area contributed by atoms with E-state index in [-0.39, 0.29) is 17.2 Å². The standard InChI is InChI=1S/C21H20F3IN4/c1-20(2,3)13-8-10-14(11-9-13)27-19-26-12-15(21(22,23)24)18(29-19)28-17-7-5-4-6-16(17)25/h4-12H,1-3H3,(H2,26,27,28,29). The summed E-state index contributed by atoms with van der Waals surface area (Å²) in [4.78, 5) is 7.94. The molecule has 0 aliphatic carbocycles. The van der Waals surface area contributed by atoms with Gasteiger partial charge in [0, 0.05) is 15.5 Å². The highest BCUT2D eigenvalue weighted by atomic mass is 127. The Morgan fingerprint density at radius 3 is 2.14 bits per heavy atom. The molecule has 8 heteroatoms. The van der Waals surface area contributed by atoms with Crippen molar-refractivity contribution < 1.29 is 13.2 Å². The maximum Gasteiger partial charge on any atom is 0.421 e. The predicted octanol–water partition coefficient (Wildman–Crippen LogP) is 6.88. The molecule has 0 saturated heterocycles. The van der Waals surface area contributed by atoms with Crippen LogP contribution in [0.5, 0.6) is 0 Å². The normalized spacial score (nSPS) is 12.0. The summed E-state index contributed by atoms with van der Waals surface area (Å²) in [5.74, 6) is -0.222. The minimum atomic E-state index is -4.57. The van der Waals surface area contributed by atoms with E-state index in [2.05, 4.69) is 64.0 Å². The maximum atomic E-state index is 13.4. The number of anilines is 4. The molecule has 0 amide bonds. The highest BCUT2D eigenvalue weighted by Crippen LogP contribution is 2.36. The summed E-state index contributed by atoms with van der Waals surface area (Å²) in [7, 11) is 0. The third-order valence-corrected chi connectivity index (χ3v) is 5.17. The van der Waals surface area contributed by atoms with E-state index in [9.17, 15) is 13.2 Å². The minimum Gasteiger partial charge on any atom is -0.339 e. The van der Waals surface area contributed by atoms with Crippen LogP contribution in [0, 0.1) is 3.57 Å². The van der Waals surface area contributed by atoms with E-state index in [0.29, 0.717) is 11.4 Å². The van der Waals surface area contributed by atoms with Crippen LogP contribution in [0.1, 0.15) is 31.9 Å². The monoisotopic (exact) mass is 512 g/mol. The van der Waals surface area contributed by atoms with Crippen LogP contribution in [0.4, 0.5) is 36.3 Å². The highest BCUT2D eigenvalue weighted by molar-refractivity contribution is 14.1. The van der Waals surface area contributed by atoms with Gasteiger partial charge in [-0.05, 0) is 57.8 Å². The number of alkyl halides is 3. The average molecular weight is 512 g/mol. The van der Waals surface area contributed by atoms with E-state index >= 15 is 0 Å². The van der Waals surface area contributed by atoms with Gasteiger partial charge in [-0.3, -0.25) is 0 Å². The summed E-state index contributed by atoms with van der Waals surface area (Å²) in [5, 5.41) is 5.75. The second-order valence-corrected chi connectivity index (χ2v) is 8.67. The quantitative estimate of drug-likeness (QED) is 0.374. The molecule has 1 aromatic heterocycles. The lowest BCUT2D eigenvalue weighted by Crippen LogP contribution is -2.13. The van der Waals surface area contributed by atoms with Crippen molar-refractivity contribution in [3.63, 3.8) is 0 Å². The Balaban J connectivity index is 1.92. The Morgan fingerprint density at radius 1 is 0.897 bits per heavy atom. The molecular formula is C21H20F3IN4. The number of hydrogen-bond donors (Lipinski definition) is 2. The lowest BCUT2D eigenvalue weighted by Gasteiger charge is -2.19. The summed E-state index contributed by atoms with van der Waals surface area (Å²) >= 11 is 2.05. The van der Waals surface area contributed by atoms with Gasteiger partial charge < -0.3 is 10.6 Å². The Bertz CT molecular complexity index is 996. The summed E-state index contributed by atoms with van der Waals surface area (Å²) in [5.41, 5.74) is 1.46. The minimum absolute atomic E-state index is 0.00725. The van der Waals surface area contributed by atoms with Gasteiger partial charge in [0.1, 0.15) is 11.4 Å². The Labute approximate surface area is 181 Å². The molecule has 0 saturated carbocycles. The Kier molecular flexibility index (Phi) is 6.02. The molecule has 3 aromatic rings. The van der Waals surface area contributed by atoms with Crippen LogP contribution >= 0.6 is 22.6 Å². The van der Waals surface area contributed by atoms with E-state index in [4.69, 9.17) is 0 Å². The van der Waals surface area contributed by atoms with Crippen molar-refractivity contribution in [2.75, 3.05) is 10.6 Å². The molecule has 0 spiro atoms. The molecule has 0 radical (unpaired) electrons. The number of para-hydroxylation sites is 1. The largest absolute Gasteiger partial charge is 0.421 e. The Morgan fingerprint density at radius 2 is 1.55 bits per heavy atom. The van der Waals surface area contributed by atoms with Crippen molar-refractivity contribution in [1.82, 2.24) is 9.97 Å². The molecule has 152 valence electrons. The second-order valence-electron chi connectivity index (χ2n) is 7.51. The first-order valence-corrected chi connectivity index (χ1v) is 9.95. The lowest BCUT2D eigenvalue weighted by atomic mass is 9.87. The summed E-state index contributed by atoms with van der Waals surface area (Å²) < 4.78 is 41.1. The average Bonchev–Trinajstić information content (AvgIpc) is 2.62. The molecule has 0 unspecified atom stereocenters. The fourth-order valence-corrected chi connectivity index (χ4v) is 3.14. The lowest BCUT2D eigenvalue weighted by molar-refractivity contribution is -0.137. The van der Waals surface area contributed by atoms with Crippen LogP contribution < -0.4 is 10.6 Å². The highest BCUT2D eigenvalue weighted by Gasteiger charge is 2.35. The van der Waals surface area contributed by atoms with Crippen molar-refractivity contribution in [3.05, 3.63) is 69.4 Å². The number of nitrogens with zero attached hydrogens (tertiary/aromatic N) is 2. The van der Waals surface area contributed by atoms with E-state index < -0.39 is 11.7 Å². The molecule has 4 nitrogen and oxygen atoms in total. The summed E-state index contributed by atoms with van der Waals surface area (Å²) in [6.07, 6.45) is -3.79. The number of hydrogen-bond acceptors (Lipinski definition) is 4. The van der Waals surface area contributed by atoms with Crippen molar-refractivity contribution in [2.45, 2.75) is 32.4 Å². The second kappa shape index (κ2) is 8.17. The molecule has 0 aliphatic heterocycles. The SMILES string of the molecule is CC(C)(C)c1ccc(Nc2ncc(C(F)(F)F)c(Nc3ccccc3I)n2)cc1. The Hall–Kier alpha value is -2.36. The number of rotatable bonds is 4. The molecule has 0 atom stereocenters. The van der Waals surface area contributed by atoms with Crippen LogP contribution in [0.2, 0.25) is 0 Å². The molecule has 0 fully saturated rings. The van der Waals surface area contributed by atoms with Crippen LogP contribution in [0.15, 0.2) is 54.7 Å². The number of halogens is 4. The van der Waals surface area contributed by atoms with E-state index in [1.807, 2.05) is 30.3 Å². The molecule has 29 heavy (non-hydrogen) atoms. The van der Waals surface area contributed by atoms with Crippen LogP contribution in [-0.4, -0.2) is 9.97 Å². The number of nitrogens with one attached hydrogen (secondary N) is 2. The molecule has 3 rings (SSSR count). The van der Waals surface area contributed by atoms with Crippen molar-refractivity contribution in [3.8, 4) is 0 Å². The summed E-state index contributed by atoms with van der Waals surface area (Å²) in [6, 6.07) is 14.7. The molecule has 2 aromatic carbocycles. The van der Waals surface area contributed by atoms with Crippen molar-refractivity contribution in [1.29, 1.82) is 0 Å². The number of benzene rings is 2. The van der Waals surface area contributed by atoms with E-state index in [0.717, 1.165) is 15.3 Å². The zero-order valence-corrected chi connectivity index (χ0v) is 18.3. The van der Waals surface area contributed by atoms with Crippen molar-refractivity contribution >= 4 is 45.7 Å². The molecular weight excluding hydrogens is 492 g/mol. The predicted molar refractivity (Wildman–Crippen MR) is 118 cm³/mol. The van der Waals surface area contributed by atoms with Gasteiger partial charge in [-0.25, -0.2) is 4.98 Å². The zero-order chi connectivity index (χ0) is 21.2. The van der Waals surface area contributed by atoms with Gasteiger partial charge in [-0.1, -0.05) is 45.0 Å². The topological polar surface area (TPSA) is 49.8 Å². The van der Waals surface area contributed by atoms with Gasteiger partial charge >= 0.3 is 6.18 Å². The maximum absolute atomic E-state index is 13.4. The summed E-state index contributed by atoms with van der Waals surface area (Å²) in [6.45, 7) is 6.33. The molecule has 2 N–H and O–H groups in total. The zero-order valence-electron chi connectivity index (χ0n) is 16.1. The van der Waals surface area contributed by atoms with Crippen LogP contribution in [0.25, 0.3) is 0 Å². The van der Waals surface area contributed by atoms with Gasteiger partial charge in [0.15, 0.2) is 0 Å². The first-order chi connectivity index (χ1) is 13.5. The van der Waals surface area contributed by atoms with Crippen LogP contribution in [0.3, 0.4) is 0 Å². The van der Waals surface area contributed by atoms with E-state index in [1.54, 1.807) is 18.2 Å². The van der Waals surface area contributed by atoms with Gasteiger partial charge in [-0.15, -0.1) is 0 Å². The van der Waals surface area contributed by atoms with E-state index in [1.165, 1.54) is 0 Å². The molecule has 1 heterocycles. The molecule has 0 bridgehead atoms. The van der Waals surface area contributed by atoms with Gasteiger partial charge in [0.25, 0.3) is 0 Å². The first kappa shape index (κ1) is 21.4. The fourth-order valence-electron chi connectivity index (χ4n) is 2.62. The molecule has 0 aliphatic rings. The van der Waals surface area contributed by atoms with Crippen LogP contribution in [-0.2, 0) is 11.6 Å². The third kappa shape index (κ3) is 5.37. The smallest absolute Gasteiger partial charge is 0.339 e. The van der Waals surface area contributed by atoms with Gasteiger partial charge in [0.2, 0.25) is 5.95 Å². The third-order valence-electron chi connectivity index (χ3n) is 4.23. The number of aromatic nitrogens is 2. The van der Waals surface area contributed by atoms with Crippen molar-refractivity contribution in [2.24, 2.45) is 0 Å². The van der Waals surface area contributed by atoms with Gasteiger partial charge in [-0.2, -0.15) is 18.2 Å². The first-order valence-electron chi connectivity index (χ1n) is 8.87.